The van der Waals surface area contributed by atoms with Crippen LogP contribution in [0.3, 0.4) is 0 Å². The summed E-state index contributed by atoms with van der Waals surface area (Å²) < 4.78 is 19.5. The van der Waals surface area contributed by atoms with Gasteiger partial charge < -0.3 is 19.3 Å². The first-order valence-corrected chi connectivity index (χ1v) is 13.3. The fraction of sp³-hybridized carbons (Fsp3) is 0.483. The number of benzene rings is 2. The largest absolute Gasteiger partial charge is 0.493 e. The number of hydrogen-bond acceptors (Lipinski definition) is 6. The Morgan fingerprint density at radius 3 is 2.41 bits per heavy atom. The normalized spacial score (nSPS) is 15.5. The molecular formula is C29H38ClN3O4. The number of rotatable bonds is 11. The van der Waals surface area contributed by atoms with E-state index in [0.29, 0.717) is 19.4 Å². The summed E-state index contributed by atoms with van der Waals surface area (Å²) in [6.07, 6.45) is 6.07. The van der Waals surface area contributed by atoms with E-state index in [4.69, 9.17) is 25.8 Å². The number of aliphatic hydroxyl groups is 1. The number of halogens is 1. The molecular weight excluding hydrogens is 490 g/mol. The highest BCUT2D eigenvalue weighted by Crippen LogP contribution is 2.31. The number of piperidine rings is 1. The lowest BCUT2D eigenvalue weighted by atomic mass is 9.92. The first-order valence-electron chi connectivity index (χ1n) is 12.9. The maximum Gasteiger partial charge on any atom is 0.161 e. The van der Waals surface area contributed by atoms with Crippen molar-refractivity contribution in [3.8, 4) is 17.2 Å². The monoisotopic (exact) mass is 527 g/mol. The molecule has 0 unspecified atom stereocenters. The number of ether oxygens (including phenoxy) is 3. The van der Waals surface area contributed by atoms with Crippen molar-refractivity contribution in [2.24, 2.45) is 0 Å². The minimum absolute atomic E-state index is 0.278. The molecule has 2 aromatic carbocycles. The molecule has 0 bridgehead atoms. The van der Waals surface area contributed by atoms with Gasteiger partial charge in [-0.3, -0.25) is 9.58 Å². The second-order valence-corrected chi connectivity index (χ2v) is 10.5. The van der Waals surface area contributed by atoms with Crippen LogP contribution in [0, 0.1) is 20.8 Å². The highest BCUT2D eigenvalue weighted by Gasteiger charge is 2.33. The maximum absolute atomic E-state index is 11.1. The average molecular weight is 528 g/mol. The van der Waals surface area contributed by atoms with Gasteiger partial charge in [-0.15, -0.1) is 0 Å². The first-order chi connectivity index (χ1) is 17.7. The Morgan fingerprint density at radius 1 is 1.03 bits per heavy atom. The standard InChI is InChI=1S/C29H38ClN3O4/c1-21-17-31-33(18-21)10-5-13-36-27-16-24(6-7-26(27)35-4)19-32-11-8-29(34,9-12-32)20-37-25-14-22(2)28(30)23(3)15-25/h6-7,14-18,34H,5,8-13,19-20H2,1-4H3. The van der Waals surface area contributed by atoms with E-state index in [1.165, 1.54) is 0 Å². The predicted molar refractivity (Wildman–Crippen MR) is 146 cm³/mol. The van der Waals surface area contributed by atoms with Gasteiger partial charge in [0.2, 0.25) is 0 Å². The molecule has 0 saturated carbocycles. The highest BCUT2D eigenvalue weighted by molar-refractivity contribution is 6.32. The van der Waals surface area contributed by atoms with Gasteiger partial charge in [0.05, 0.1) is 19.9 Å². The molecule has 1 N–H and O–H groups in total. The number of nitrogens with zero attached hydrogens (tertiary/aromatic N) is 3. The molecule has 1 aliphatic heterocycles. The van der Waals surface area contributed by atoms with Gasteiger partial charge in [0, 0.05) is 43.8 Å². The lowest BCUT2D eigenvalue weighted by Crippen LogP contribution is -2.47. The zero-order valence-electron chi connectivity index (χ0n) is 22.3. The molecule has 1 saturated heterocycles. The van der Waals surface area contributed by atoms with E-state index in [1.54, 1.807) is 7.11 Å². The average Bonchev–Trinajstić information content (AvgIpc) is 3.30. The summed E-state index contributed by atoms with van der Waals surface area (Å²) in [6, 6.07) is 9.95. The summed E-state index contributed by atoms with van der Waals surface area (Å²) in [7, 11) is 1.66. The van der Waals surface area contributed by atoms with Gasteiger partial charge >= 0.3 is 0 Å². The lowest BCUT2D eigenvalue weighted by molar-refractivity contribution is -0.0537. The van der Waals surface area contributed by atoms with E-state index in [1.807, 2.05) is 56.0 Å². The third-order valence-corrected chi connectivity index (χ3v) is 7.49. The molecule has 4 rings (SSSR count). The van der Waals surface area contributed by atoms with Crippen LogP contribution in [0.5, 0.6) is 17.2 Å². The van der Waals surface area contributed by atoms with Crippen LogP contribution in [0.4, 0.5) is 0 Å². The van der Waals surface area contributed by atoms with E-state index in [0.717, 1.165) is 77.1 Å². The van der Waals surface area contributed by atoms with Crippen molar-refractivity contribution in [1.29, 1.82) is 0 Å². The van der Waals surface area contributed by atoms with Crippen LogP contribution in [-0.2, 0) is 13.1 Å². The lowest BCUT2D eigenvalue weighted by Gasteiger charge is -2.38. The van der Waals surface area contributed by atoms with Gasteiger partial charge in [-0.05, 0) is 80.1 Å². The van der Waals surface area contributed by atoms with Crippen molar-refractivity contribution >= 4 is 11.6 Å². The van der Waals surface area contributed by atoms with E-state index < -0.39 is 5.60 Å². The molecule has 0 amide bonds. The first kappa shape index (κ1) is 27.3. The Kier molecular flexibility index (Phi) is 9.00. The van der Waals surface area contributed by atoms with Gasteiger partial charge in [-0.1, -0.05) is 17.7 Å². The van der Waals surface area contributed by atoms with Crippen LogP contribution >= 0.6 is 11.6 Å². The fourth-order valence-electron chi connectivity index (χ4n) is 4.67. The van der Waals surface area contributed by atoms with Crippen molar-refractivity contribution in [3.05, 3.63) is 70.0 Å². The molecule has 37 heavy (non-hydrogen) atoms. The highest BCUT2D eigenvalue weighted by atomic mass is 35.5. The van der Waals surface area contributed by atoms with Gasteiger partial charge in [0.15, 0.2) is 11.5 Å². The number of aryl methyl sites for hydroxylation is 4. The summed E-state index contributed by atoms with van der Waals surface area (Å²) in [4.78, 5) is 2.36. The molecule has 7 nitrogen and oxygen atoms in total. The molecule has 200 valence electrons. The summed E-state index contributed by atoms with van der Waals surface area (Å²) in [6.45, 7) is 10.0. The number of methoxy groups -OCH3 is 1. The Balaban J connectivity index is 1.26. The van der Waals surface area contributed by atoms with Gasteiger partial charge in [-0.25, -0.2) is 0 Å². The molecule has 2 heterocycles. The van der Waals surface area contributed by atoms with Crippen LogP contribution in [0.25, 0.3) is 0 Å². The Bertz CT molecular complexity index is 1160. The summed E-state index contributed by atoms with van der Waals surface area (Å²) in [5.74, 6) is 2.24. The molecule has 3 aromatic rings. The predicted octanol–water partition coefficient (Wildman–Crippen LogP) is 5.35. The minimum atomic E-state index is -0.834. The second-order valence-electron chi connectivity index (χ2n) is 10.1. The summed E-state index contributed by atoms with van der Waals surface area (Å²) in [5, 5.41) is 16.2. The minimum Gasteiger partial charge on any atom is -0.493 e. The van der Waals surface area contributed by atoms with Crippen LogP contribution in [0.2, 0.25) is 5.02 Å². The quantitative estimate of drug-likeness (QED) is 0.339. The Morgan fingerprint density at radius 2 is 1.76 bits per heavy atom. The van der Waals surface area contributed by atoms with Crippen molar-refractivity contribution in [3.63, 3.8) is 0 Å². The summed E-state index contributed by atoms with van der Waals surface area (Å²) in [5.41, 5.74) is 3.45. The molecule has 0 radical (unpaired) electrons. The maximum atomic E-state index is 11.1. The Hall–Kier alpha value is -2.74. The van der Waals surface area contributed by atoms with Gasteiger partial charge in [0.1, 0.15) is 18.0 Å². The zero-order chi connectivity index (χ0) is 26.4. The van der Waals surface area contributed by atoms with Gasteiger partial charge in [0.25, 0.3) is 0 Å². The zero-order valence-corrected chi connectivity index (χ0v) is 23.1. The molecule has 0 atom stereocenters. The van der Waals surface area contributed by atoms with Crippen molar-refractivity contribution in [2.75, 3.05) is 33.4 Å². The second kappa shape index (κ2) is 12.2. The van der Waals surface area contributed by atoms with Crippen molar-refractivity contribution < 1.29 is 19.3 Å². The molecule has 1 fully saturated rings. The van der Waals surface area contributed by atoms with Gasteiger partial charge in [-0.2, -0.15) is 5.10 Å². The van der Waals surface area contributed by atoms with Crippen LogP contribution in [0.15, 0.2) is 42.7 Å². The van der Waals surface area contributed by atoms with Crippen molar-refractivity contribution in [1.82, 2.24) is 14.7 Å². The molecule has 8 heteroatoms. The van der Waals surface area contributed by atoms with Crippen LogP contribution < -0.4 is 14.2 Å². The van der Waals surface area contributed by atoms with E-state index >= 15 is 0 Å². The van der Waals surface area contributed by atoms with Crippen molar-refractivity contribution in [2.45, 2.75) is 58.7 Å². The molecule has 0 aliphatic carbocycles. The van der Waals surface area contributed by atoms with E-state index in [-0.39, 0.29) is 6.61 Å². The Labute approximate surface area is 224 Å². The fourth-order valence-corrected chi connectivity index (χ4v) is 4.78. The molecule has 1 aliphatic rings. The van der Waals surface area contributed by atoms with E-state index in [2.05, 4.69) is 22.1 Å². The van der Waals surface area contributed by atoms with Crippen LogP contribution in [-0.4, -0.2) is 58.8 Å². The molecule has 1 aromatic heterocycles. The number of aromatic nitrogens is 2. The third-order valence-electron chi connectivity index (χ3n) is 6.89. The summed E-state index contributed by atoms with van der Waals surface area (Å²) >= 11 is 6.26. The topological polar surface area (TPSA) is 69.0 Å². The van der Waals surface area contributed by atoms with Crippen LogP contribution in [0.1, 0.15) is 41.5 Å². The molecule has 0 spiro atoms. The smallest absolute Gasteiger partial charge is 0.161 e. The SMILES string of the molecule is COc1ccc(CN2CCC(O)(COc3cc(C)c(Cl)c(C)c3)CC2)cc1OCCCn1cc(C)cn1. The van der Waals surface area contributed by atoms with E-state index in [9.17, 15) is 5.11 Å². The number of hydrogen-bond donors (Lipinski definition) is 1. The third kappa shape index (κ3) is 7.40. The number of likely N-dealkylation sites (tertiary alicyclic amines) is 1.